The van der Waals surface area contributed by atoms with Crippen molar-refractivity contribution in [3.63, 3.8) is 0 Å². The van der Waals surface area contributed by atoms with E-state index in [1.807, 2.05) is 54.8 Å². The number of nitrogens with zero attached hydrogens (tertiary/aromatic N) is 3. The standard InChI is InChI=1S/C23H24N4O4/c1-16-13-19(17(2)26(16)20-9-6-10-21(14-20)27(30)31)15-24-25-23(29)12-11-22(28)18-7-4-3-5-8-18/h3-10,13-15,22,28H,11-12H2,1-2H3,(H,25,29)/b24-15-/t22-/m1/s1. The van der Waals surface area contributed by atoms with Crippen LogP contribution in [0.2, 0.25) is 0 Å². The third kappa shape index (κ3) is 5.43. The van der Waals surface area contributed by atoms with Crippen LogP contribution in [0.3, 0.4) is 0 Å². The van der Waals surface area contributed by atoms with Crippen LogP contribution in [-0.4, -0.2) is 26.7 Å². The molecule has 1 amide bonds. The molecule has 1 heterocycles. The molecule has 0 spiro atoms. The summed E-state index contributed by atoms with van der Waals surface area (Å²) < 4.78 is 1.90. The molecule has 2 N–H and O–H groups in total. The van der Waals surface area contributed by atoms with Crippen LogP contribution in [0.25, 0.3) is 5.69 Å². The molecule has 0 fully saturated rings. The number of carbonyl (C=O) groups is 1. The van der Waals surface area contributed by atoms with E-state index in [0.717, 1.165) is 22.5 Å². The summed E-state index contributed by atoms with van der Waals surface area (Å²) in [5.74, 6) is -0.293. The van der Waals surface area contributed by atoms with E-state index in [1.165, 1.54) is 12.1 Å². The molecule has 0 saturated carbocycles. The molecule has 0 aliphatic heterocycles. The number of hydrogen-bond acceptors (Lipinski definition) is 5. The summed E-state index contributed by atoms with van der Waals surface area (Å²) in [7, 11) is 0. The summed E-state index contributed by atoms with van der Waals surface area (Å²) >= 11 is 0. The lowest BCUT2D eigenvalue weighted by Crippen LogP contribution is -2.18. The third-order valence-electron chi connectivity index (χ3n) is 4.99. The number of aromatic nitrogens is 1. The zero-order chi connectivity index (χ0) is 22.4. The second-order valence-electron chi connectivity index (χ2n) is 7.20. The maximum Gasteiger partial charge on any atom is 0.271 e. The number of nitro benzene ring substituents is 1. The predicted molar refractivity (Wildman–Crippen MR) is 118 cm³/mol. The van der Waals surface area contributed by atoms with Crippen molar-refractivity contribution in [3.8, 4) is 5.69 Å². The molecule has 0 aliphatic carbocycles. The largest absolute Gasteiger partial charge is 0.388 e. The first-order valence-corrected chi connectivity index (χ1v) is 9.85. The maximum absolute atomic E-state index is 12.0. The average molecular weight is 420 g/mol. The summed E-state index contributed by atoms with van der Waals surface area (Å²) in [6.07, 6.45) is 1.28. The van der Waals surface area contributed by atoms with Gasteiger partial charge in [0, 0.05) is 35.5 Å². The first kappa shape index (κ1) is 21.9. The molecule has 160 valence electrons. The fourth-order valence-electron chi connectivity index (χ4n) is 3.40. The number of benzene rings is 2. The number of hydrogen-bond donors (Lipinski definition) is 2. The van der Waals surface area contributed by atoms with Crippen molar-refractivity contribution in [1.82, 2.24) is 9.99 Å². The van der Waals surface area contributed by atoms with Gasteiger partial charge in [0.1, 0.15) is 0 Å². The van der Waals surface area contributed by atoms with Crippen molar-refractivity contribution in [2.45, 2.75) is 32.8 Å². The molecule has 0 saturated heterocycles. The van der Waals surface area contributed by atoms with Crippen molar-refractivity contribution < 1.29 is 14.8 Å². The number of nitro groups is 1. The van der Waals surface area contributed by atoms with Crippen molar-refractivity contribution in [3.05, 3.63) is 93.3 Å². The third-order valence-corrected chi connectivity index (χ3v) is 4.99. The lowest BCUT2D eigenvalue weighted by atomic mass is 10.1. The van der Waals surface area contributed by atoms with Gasteiger partial charge in [-0.1, -0.05) is 36.4 Å². The molecule has 31 heavy (non-hydrogen) atoms. The van der Waals surface area contributed by atoms with Crippen LogP contribution in [0.1, 0.15) is 41.5 Å². The van der Waals surface area contributed by atoms with Crippen LogP contribution in [-0.2, 0) is 4.79 Å². The smallest absolute Gasteiger partial charge is 0.271 e. The van der Waals surface area contributed by atoms with Gasteiger partial charge in [-0.2, -0.15) is 5.10 Å². The highest BCUT2D eigenvalue weighted by atomic mass is 16.6. The Balaban J connectivity index is 1.63. The molecule has 1 aromatic heterocycles. The summed E-state index contributed by atoms with van der Waals surface area (Å²) in [6.45, 7) is 3.78. The minimum absolute atomic E-state index is 0.0187. The lowest BCUT2D eigenvalue weighted by Gasteiger charge is -2.10. The minimum atomic E-state index is -0.704. The number of hydrazone groups is 1. The molecule has 2 aromatic carbocycles. The van der Waals surface area contributed by atoms with Gasteiger partial charge in [0.05, 0.1) is 22.9 Å². The van der Waals surface area contributed by atoms with Crippen molar-refractivity contribution in [2.75, 3.05) is 0 Å². The Kier molecular flexibility index (Phi) is 6.94. The van der Waals surface area contributed by atoms with Crippen LogP contribution >= 0.6 is 0 Å². The first-order chi connectivity index (χ1) is 14.9. The van der Waals surface area contributed by atoms with E-state index in [-0.39, 0.29) is 18.0 Å². The molecule has 3 aromatic rings. The predicted octanol–water partition coefficient (Wildman–Crippen LogP) is 3.97. The van der Waals surface area contributed by atoms with Crippen LogP contribution in [0.4, 0.5) is 5.69 Å². The minimum Gasteiger partial charge on any atom is -0.388 e. The highest BCUT2D eigenvalue weighted by Crippen LogP contribution is 2.23. The quantitative estimate of drug-likeness (QED) is 0.326. The zero-order valence-electron chi connectivity index (χ0n) is 17.4. The highest BCUT2D eigenvalue weighted by molar-refractivity contribution is 5.84. The number of aliphatic hydroxyl groups excluding tert-OH is 1. The summed E-state index contributed by atoms with van der Waals surface area (Å²) in [5.41, 5.74) is 6.47. The Bertz CT molecular complexity index is 1110. The lowest BCUT2D eigenvalue weighted by molar-refractivity contribution is -0.384. The van der Waals surface area contributed by atoms with Crippen LogP contribution in [0.5, 0.6) is 0 Å². The van der Waals surface area contributed by atoms with Gasteiger partial charge in [-0.05, 0) is 38.0 Å². The fourth-order valence-corrected chi connectivity index (χ4v) is 3.40. The summed E-state index contributed by atoms with van der Waals surface area (Å²) in [5, 5.41) is 25.2. The maximum atomic E-state index is 12.0. The topological polar surface area (TPSA) is 110 Å². The van der Waals surface area contributed by atoms with E-state index in [1.54, 1.807) is 18.3 Å². The summed E-state index contributed by atoms with van der Waals surface area (Å²) in [6, 6.07) is 17.5. The van der Waals surface area contributed by atoms with Gasteiger partial charge in [-0.25, -0.2) is 5.43 Å². The van der Waals surface area contributed by atoms with E-state index >= 15 is 0 Å². The Morgan fingerprint density at radius 2 is 1.94 bits per heavy atom. The van der Waals surface area contributed by atoms with E-state index in [4.69, 9.17) is 0 Å². The average Bonchev–Trinajstić information content (AvgIpc) is 3.05. The zero-order valence-corrected chi connectivity index (χ0v) is 17.4. The summed E-state index contributed by atoms with van der Waals surface area (Å²) in [4.78, 5) is 22.7. The molecule has 8 heteroatoms. The van der Waals surface area contributed by atoms with Crippen LogP contribution in [0.15, 0.2) is 65.8 Å². The van der Waals surface area contributed by atoms with Crippen LogP contribution < -0.4 is 5.43 Å². The Labute approximate surface area is 180 Å². The molecular formula is C23H24N4O4. The van der Waals surface area contributed by atoms with Crippen molar-refractivity contribution >= 4 is 17.8 Å². The molecule has 1 atom stereocenters. The number of non-ortho nitro benzene ring substituents is 1. The molecule has 3 rings (SSSR count). The van der Waals surface area contributed by atoms with Crippen molar-refractivity contribution in [1.29, 1.82) is 0 Å². The number of amides is 1. The van der Waals surface area contributed by atoms with E-state index < -0.39 is 11.0 Å². The van der Waals surface area contributed by atoms with Gasteiger partial charge in [0.2, 0.25) is 5.91 Å². The number of carbonyl (C=O) groups excluding carboxylic acids is 1. The second kappa shape index (κ2) is 9.82. The number of rotatable bonds is 8. The Morgan fingerprint density at radius 1 is 1.19 bits per heavy atom. The molecule has 0 unspecified atom stereocenters. The van der Waals surface area contributed by atoms with Gasteiger partial charge in [-0.3, -0.25) is 14.9 Å². The number of aliphatic hydroxyl groups is 1. The normalized spacial score (nSPS) is 12.1. The first-order valence-electron chi connectivity index (χ1n) is 9.85. The van der Waals surface area contributed by atoms with Gasteiger partial charge < -0.3 is 9.67 Å². The molecular weight excluding hydrogens is 396 g/mol. The number of aryl methyl sites for hydroxylation is 1. The van der Waals surface area contributed by atoms with E-state index in [2.05, 4.69) is 10.5 Å². The van der Waals surface area contributed by atoms with Gasteiger partial charge in [-0.15, -0.1) is 0 Å². The van der Waals surface area contributed by atoms with Gasteiger partial charge in [0.25, 0.3) is 5.69 Å². The second-order valence-corrected chi connectivity index (χ2v) is 7.20. The van der Waals surface area contributed by atoms with E-state index in [0.29, 0.717) is 12.1 Å². The highest BCUT2D eigenvalue weighted by Gasteiger charge is 2.13. The van der Waals surface area contributed by atoms with E-state index in [9.17, 15) is 20.0 Å². The molecule has 8 nitrogen and oxygen atoms in total. The molecule has 0 aliphatic rings. The van der Waals surface area contributed by atoms with Crippen LogP contribution in [0, 0.1) is 24.0 Å². The molecule has 0 bridgehead atoms. The number of nitrogens with one attached hydrogen (secondary N) is 1. The Hall–Kier alpha value is -3.78. The molecule has 0 radical (unpaired) electrons. The van der Waals surface area contributed by atoms with Gasteiger partial charge in [0.15, 0.2) is 0 Å². The SMILES string of the molecule is Cc1cc(/C=N\NC(=O)CC[C@@H](O)c2ccccc2)c(C)n1-c1cccc([N+](=O)[O-])c1. The van der Waals surface area contributed by atoms with Crippen molar-refractivity contribution in [2.24, 2.45) is 5.10 Å². The fraction of sp³-hybridized carbons (Fsp3) is 0.217. The van der Waals surface area contributed by atoms with Gasteiger partial charge >= 0.3 is 0 Å². The Morgan fingerprint density at radius 3 is 2.65 bits per heavy atom. The monoisotopic (exact) mass is 420 g/mol.